The monoisotopic (exact) mass is 147 g/mol. The number of hydrogen-bond donors (Lipinski definition) is 0. The van der Waals surface area contributed by atoms with Crippen molar-refractivity contribution in [3.8, 4) is 0 Å². The number of rotatable bonds is 0. The van der Waals surface area contributed by atoms with Gasteiger partial charge >= 0.3 is 0 Å². The zero-order valence-corrected chi connectivity index (χ0v) is 6.98. The third kappa shape index (κ3) is 0.710. The van der Waals surface area contributed by atoms with E-state index >= 15 is 0 Å². The van der Waals surface area contributed by atoms with E-state index in [1.165, 1.54) is 41.1 Å². The molecule has 0 aromatic carbocycles. The predicted octanol–water partition coefficient (Wildman–Crippen LogP) is 0.334. The summed E-state index contributed by atoms with van der Waals surface area (Å²) in [5, 5.41) is 2.34. The molecule has 2 rings (SSSR count). The molecular formula is C10H13N. The van der Waals surface area contributed by atoms with Crippen LogP contribution in [0.25, 0.3) is 13.2 Å². The molecule has 1 heterocycles. The van der Waals surface area contributed by atoms with Gasteiger partial charge in [-0.15, -0.1) is 0 Å². The van der Waals surface area contributed by atoms with Gasteiger partial charge in [0.2, 0.25) is 0 Å². The third-order valence-electron chi connectivity index (χ3n) is 2.72. The van der Waals surface area contributed by atoms with Crippen molar-refractivity contribution in [2.45, 2.75) is 19.3 Å². The molecule has 1 aliphatic carbocycles. The van der Waals surface area contributed by atoms with E-state index in [9.17, 15) is 0 Å². The molecular weight excluding hydrogens is 134 g/mol. The summed E-state index contributed by atoms with van der Waals surface area (Å²) >= 11 is 0. The molecule has 11 heavy (non-hydrogen) atoms. The first-order valence-electron chi connectivity index (χ1n) is 4.06. The fraction of sp³-hybridized carbons (Fsp3) is 0.400. The van der Waals surface area contributed by atoms with E-state index in [0.29, 0.717) is 0 Å². The summed E-state index contributed by atoms with van der Waals surface area (Å²) in [5.74, 6) is 0. The van der Waals surface area contributed by atoms with E-state index in [-0.39, 0.29) is 0 Å². The molecule has 1 aromatic rings. The summed E-state index contributed by atoms with van der Waals surface area (Å²) in [6.45, 7) is 8.07. The maximum absolute atomic E-state index is 4.04. The number of fused-ring (bicyclic) bond motifs is 1. The lowest BCUT2D eigenvalue weighted by molar-refractivity contribution is 0.811. The number of aromatic nitrogens is 1. The van der Waals surface area contributed by atoms with Gasteiger partial charge in [-0.2, -0.15) is 0 Å². The van der Waals surface area contributed by atoms with Crippen molar-refractivity contribution in [2.75, 3.05) is 0 Å². The molecule has 0 amide bonds. The Kier molecular flexibility index (Phi) is 1.22. The van der Waals surface area contributed by atoms with Crippen LogP contribution in [-0.2, 0) is 19.9 Å². The SMILES string of the molecule is C=c1c2c(c(=C)n1C)CCC2. The van der Waals surface area contributed by atoms with Crippen LogP contribution < -0.4 is 10.7 Å². The maximum atomic E-state index is 4.04. The molecule has 0 radical (unpaired) electrons. The summed E-state index contributed by atoms with van der Waals surface area (Å²) < 4.78 is 2.10. The first kappa shape index (κ1) is 6.71. The van der Waals surface area contributed by atoms with Crippen molar-refractivity contribution in [3.05, 3.63) is 21.8 Å². The van der Waals surface area contributed by atoms with E-state index in [0.717, 1.165) is 0 Å². The standard InChI is InChI=1S/C10H13N/c1-7-9-5-4-6-10(9)8(2)11(7)3/h1-2,4-6H2,3H3. The van der Waals surface area contributed by atoms with Crippen molar-refractivity contribution < 1.29 is 0 Å². The lowest BCUT2D eigenvalue weighted by Gasteiger charge is -1.92. The Bertz CT molecular complexity index is 348. The van der Waals surface area contributed by atoms with Crippen LogP contribution in [0.2, 0.25) is 0 Å². The summed E-state index contributed by atoms with van der Waals surface area (Å²) in [4.78, 5) is 0. The predicted molar refractivity (Wildman–Crippen MR) is 47.7 cm³/mol. The zero-order chi connectivity index (χ0) is 8.01. The van der Waals surface area contributed by atoms with Crippen LogP contribution in [0.4, 0.5) is 0 Å². The van der Waals surface area contributed by atoms with Crippen LogP contribution >= 0.6 is 0 Å². The third-order valence-corrected chi connectivity index (χ3v) is 2.72. The molecule has 1 aliphatic rings. The van der Waals surface area contributed by atoms with Crippen molar-refractivity contribution in [2.24, 2.45) is 7.05 Å². The fourth-order valence-electron chi connectivity index (χ4n) is 1.95. The lowest BCUT2D eigenvalue weighted by Crippen LogP contribution is -2.23. The van der Waals surface area contributed by atoms with Crippen LogP contribution in [-0.4, -0.2) is 4.57 Å². The van der Waals surface area contributed by atoms with Gasteiger partial charge in [0.25, 0.3) is 0 Å². The second kappa shape index (κ2) is 2.00. The molecule has 0 saturated carbocycles. The Morgan fingerprint density at radius 2 is 1.55 bits per heavy atom. The molecule has 0 fully saturated rings. The summed E-state index contributed by atoms with van der Waals surface area (Å²) in [6, 6.07) is 0. The van der Waals surface area contributed by atoms with E-state index in [1.54, 1.807) is 0 Å². The van der Waals surface area contributed by atoms with Crippen LogP contribution in [0.5, 0.6) is 0 Å². The highest BCUT2D eigenvalue weighted by atomic mass is 14.9. The Hall–Kier alpha value is -0.980. The van der Waals surface area contributed by atoms with Gasteiger partial charge in [-0.05, 0) is 30.4 Å². The van der Waals surface area contributed by atoms with Gasteiger partial charge in [-0.25, -0.2) is 0 Å². The average Bonchev–Trinajstić information content (AvgIpc) is 2.53. The van der Waals surface area contributed by atoms with Gasteiger partial charge in [0.1, 0.15) is 0 Å². The van der Waals surface area contributed by atoms with Gasteiger partial charge in [0.05, 0.1) is 0 Å². The maximum Gasteiger partial charge on any atom is 0.0371 e. The minimum atomic E-state index is 1.17. The van der Waals surface area contributed by atoms with Crippen LogP contribution in [0.1, 0.15) is 17.5 Å². The second-order valence-corrected chi connectivity index (χ2v) is 3.26. The van der Waals surface area contributed by atoms with Gasteiger partial charge in [-0.3, -0.25) is 0 Å². The molecule has 0 bridgehead atoms. The van der Waals surface area contributed by atoms with E-state index in [2.05, 4.69) is 17.7 Å². The molecule has 0 spiro atoms. The van der Waals surface area contributed by atoms with Crippen molar-refractivity contribution in [3.63, 3.8) is 0 Å². The summed E-state index contributed by atoms with van der Waals surface area (Å²) in [5.41, 5.74) is 2.91. The average molecular weight is 147 g/mol. The van der Waals surface area contributed by atoms with Gasteiger partial charge in [0.15, 0.2) is 0 Å². The second-order valence-electron chi connectivity index (χ2n) is 3.26. The highest BCUT2D eigenvalue weighted by molar-refractivity contribution is 5.34. The van der Waals surface area contributed by atoms with E-state index < -0.39 is 0 Å². The first-order valence-corrected chi connectivity index (χ1v) is 4.06. The Balaban J connectivity index is 2.89. The van der Waals surface area contributed by atoms with Gasteiger partial charge in [0, 0.05) is 17.7 Å². The van der Waals surface area contributed by atoms with Crippen molar-refractivity contribution in [1.29, 1.82) is 0 Å². The normalized spacial score (nSPS) is 15.4. The van der Waals surface area contributed by atoms with Crippen LogP contribution in [0.3, 0.4) is 0 Å². The Morgan fingerprint density at radius 1 is 1.09 bits per heavy atom. The molecule has 0 unspecified atom stereocenters. The summed E-state index contributed by atoms with van der Waals surface area (Å²) in [6.07, 6.45) is 3.70. The first-order chi connectivity index (χ1) is 5.22. The fourth-order valence-corrected chi connectivity index (χ4v) is 1.95. The molecule has 58 valence electrons. The molecule has 0 aliphatic heterocycles. The molecule has 0 saturated heterocycles. The molecule has 0 atom stereocenters. The molecule has 1 heteroatoms. The number of nitrogens with zero attached hydrogens (tertiary/aromatic N) is 1. The van der Waals surface area contributed by atoms with Crippen LogP contribution in [0, 0.1) is 0 Å². The van der Waals surface area contributed by atoms with Crippen molar-refractivity contribution in [1.82, 2.24) is 4.57 Å². The Morgan fingerprint density at radius 3 is 2.00 bits per heavy atom. The van der Waals surface area contributed by atoms with Crippen LogP contribution in [0.15, 0.2) is 0 Å². The molecule has 0 N–H and O–H groups in total. The van der Waals surface area contributed by atoms with E-state index in [1.807, 2.05) is 7.05 Å². The smallest absolute Gasteiger partial charge is 0.0371 e. The lowest BCUT2D eigenvalue weighted by atomic mass is 10.2. The minimum Gasteiger partial charge on any atom is -0.345 e. The van der Waals surface area contributed by atoms with Gasteiger partial charge in [-0.1, -0.05) is 13.2 Å². The minimum absolute atomic E-state index is 1.17. The summed E-state index contributed by atoms with van der Waals surface area (Å²) in [7, 11) is 2.04. The highest BCUT2D eigenvalue weighted by Crippen LogP contribution is 2.14. The molecule has 1 nitrogen and oxygen atoms in total. The highest BCUT2D eigenvalue weighted by Gasteiger charge is 2.15. The largest absolute Gasteiger partial charge is 0.345 e. The molecule has 1 aromatic heterocycles. The Labute approximate surface area is 66.7 Å². The topological polar surface area (TPSA) is 4.93 Å². The van der Waals surface area contributed by atoms with Gasteiger partial charge < -0.3 is 4.57 Å². The zero-order valence-electron chi connectivity index (χ0n) is 6.98. The van der Waals surface area contributed by atoms with Crippen molar-refractivity contribution >= 4 is 13.2 Å². The quantitative estimate of drug-likeness (QED) is 0.498. The van der Waals surface area contributed by atoms with E-state index in [4.69, 9.17) is 0 Å². The number of hydrogen-bond acceptors (Lipinski definition) is 0.